The van der Waals surface area contributed by atoms with Crippen molar-refractivity contribution in [2.45, 2.75) is 25.0 Å². The molecule has 2 atom stereocenters. The molecule has 5 rings (SSSR count). The molecule has 0 aliphatic carbocycles. The van der Waals surface area contributed by atoms with Gasteiger partial charge < -0.3 is 24.2 Å². The summed E-state index contributed by atoms with van der Waals surface area (Å²) in [4.78, 5) is 27.6. The number of hydrogen-bond donors (Lipinski definition) is 1. The molecule has 0 bridgehead atoms. The van der Waals surface area contributed by atoms with Crippen LogP contribution in [0.1, 0.15) is 30.0 Å². The first-order valence-corrected chi connectivity index (χ1v) is 10.5. The molecule has 0 unspecified atom stereocenters. The van der Waals surface area contributed by atoms with E-state index in [1.165, 1.54) is 4.90 Å². The van der Waals surface area contributed by atoms with Gasteiger partial charge in [0.2, 0.25) is 0 Å². The summed E-state index contributed by atoms with van der Waals surface area (Å²) in [7, 11) is 0. The number of rotatable bonds is 4. The highest BCUT2D eigenvalue weighted by Crippen LogP contribution is 2.41. The highest BCUT2D eigenvalue weighted by atomic mass is 16.6. The summed E-state index contributed by atoms with van der Waals surface area (Å²) in [5.74, 6) is -0.455. The lowest BCUT2D eigenvalue weighted by Crippen LogP contribution is -2.36. The van der Waals surface area contributed by atoms with Gasteiger partial charge in [-0.15, -0.1) is 0 Å². The third kappa shape index (κ3) is 3.55. The monoisotopic (exact) mass is 421 g/mol. The molecule has 3 aliphatic rings. The highest BCUT2D eigenvalue weighted by Gasteiger charge is 2.47. The Hall–Kier alpha value is -3.32. The molecular formula is C24H23NO6. The number of amides is 1. The first kappa shape index (κ1) is 19.6. The van der Waals surface area contributed by atoms with Gasteiger partial charge in [0.25, 0.3) is 11.7 Å². The molecule has 1 amide bonds. The summed E-state index contributed by atoms with van der Waals surface area (Å²) < 4.78 is 16.9. The van der Waals surface area contributed by atoms with E-state index in [-0.39, 0.29) is 17.4 Å². The Morgan fingerprint density at radius 2 is 1.77 bits per heavy atom. The normalized spacial score (nSPS) is 24.6. The number of hydrogen-bond acceptors (Lipinski definition) is 6. The summed E-state index contributed by atoms with van der Waals surface area (Å²) in [6, 6.07) is 13.6. The maximum Gasteiger partial charge on any atom is 0.295 e. The average molecular weight is 421 g/mol. The number of carbonyl (C=O) groups excluding carboxylic acids is 2. The number of ether oxygens (including phenoxy) is 3. The van der Waals surface area contributed by atoms with Crippen LogP contribution in [0.4, 0.5) is 0 Å². The lowest BCUT2D eigenvalue weighted by Gasteiger charge is -2.27. The number of aliphatic hydroxyl groups is 1. The van der Waals surface area contributed by atoms with Crippen LogP contribution in [0.15, 0.2) is 54.1 Å². The molecule has 2 aromatic rings. The number of nitrogens with zero attached hydrogens (tertiary/aromatic N) is 1. The van der Waals surface area contributed by atoms with E-state index in [1.54, 1.807) is 18.2 Å². The van der Waals surface area contributed by atoms with Gasteiger partial charge in [0, 0.05) is 18.7 Å². The quantitative estimate of drug-likeness (QED) is 0.464. The van der Waals surface area contributed by atoms with Crippen LogP contribution in [-0.2, 0) is 14.3 Å². The van der Waals surface area contributed by atoms with Gasteiger partial charge in [0.1, 0.15) is 19.0 Å². The van der Waals surface area contributed by atoms with Gasteiger partial charge in [-0.25, -0.2) is 0 Å². The fourth-order valence-electron chi connectivity index (χ4n) is 4.40. The number of carbonyl (C=O) groups is 2. The van der Waals surface area contributed by atoms with E-state index in [4.69, 9.17) is 14.2 Å². The Kier molecular flexibility index (Phi) is 5.11. The Morgan fingerprint density at radius 3 is 2.52 bits per heavy atom. The van der Waals surface area contributed by atoms with Gasteiger partial charge in [0.15, 0.2) is 11.5 Å². The third-order valence-corrected chi connectivity index (χ3v) is 5.90. The maximum absolute atomic E-state index is 13.1. The third-order valence-electron chi connectivity index (χ3n) is 5.90. The zero-order valence-corrected chi connectivity index (χ0v) is 17.0. The minimum absolute atomic E-state index is 0.0749. The van der Waals surface area contributed by atoms with Gasteiger partial charge in [-0.1, -0.05) is 30.3 Å². The molecule has 31 heavy (non-hydrogen) atoms. The lowest BCUT2D eigenvalue weighted by molar-refractivity contribution is -0.140. The van der Waals surface area contributed by atoms with E-state index >= 15 is 0 Å². The predicted molar refractivity (Wildman–Crippen MR) is 112 cm³/mol. The average Bonchev–Trinajstić information content (AvgIpc) is 3.41. The lowest BCUT2D eigenvalue weighted by atomic mass is 9.95. The van der Waals surface area contributed by atoms with Crippen LogP contribution >= 0.6 is 0 Å². The molecule has 0 radical (unpaired) electrons. The van der Waals surface area contributed by atoms with E-state index in [0.29, 0.717) is 43.4 Å². The van der Waals surface area contributed by atoms with Crippen molar-refractivity contribution in [2.24, 2.45) is 0 Å². The van der Waals surface area contributed by atoms with E-state index in [1.807, 2.05) is 30.3 Å². The molecule has 3 aliphatic heterocycles. The van der Waals surface area contributed by atoms with Gasteiger partial charge >= 0.3 is 0 Å². The Morgan fingerprint density at radius 1 is 1.00 bits per heavy atom. The molecule has 0 spiro atoms. The molecule has 0 saturated carbocycles. The van der Waals surface area contributed by atoms with Gasteiger partial charge in [-0.2, -0.15) is 0 Å². The minimum Gasteiger partial charge on any atom is -0.507 e. The van der Waals surface area contributed by atoms with Crippen molar-refractivity contribution in [3.05, 3.63) is 65.2 Å². The minimum atomic E-state index is -0.695. The first-order chi connectivity index (χ1) is 15.1. The van der Waals surface area contributed by atoms with E-state index < -0.39 is 17.7 Å². The Balaban J connectivity index is 1.59. The standard InChI is InChI=1S/C24H23NO6/c26-22(16-8-9-18-19(13-16)31-12-11-30-18)20-21(15-5-2-1-3-6-15)25(24(28)23(20)27)14-17-7-4-10-29-17/h1-3,5-6,8-9,13,17,21,26H,4,7,10-12,14H2/t17-,21-/m1/s1. The highest BCUT2D eigenvalue weighted by molar-refractivity contribution is 6.46. The van der Waals surface area contributed by atoms with Crippen LogP contribution in [0, 0.1) is 0 Å². The van der Waals surface area contributed by atoms with E-state index in [9.17, 15) is 14.7 Å². The molecular weight excluding hydrogens is 398 g/mol. The van der Waals surface area contributed by atoms with Gasteiger partial charge in [0.05, 0.1) is 17.7 Å². The van der Waals surface area contributed by atoms with Crippen molar-refractivity contribution < 1.29 is 28.9 Å². The van der Waals surface area contributed by atoms with Crippen LogP contribution in [0.5, 0.6) is 11.5 Å². The predicted octanol–water partition coefficient (Wildman–Crippen LogP) is 3.06. The SMILES string of the molecule is O=C1C(=O)N(C[C@H]2CCCO2)[C@H](c2ccccc2)C1=C(O)c1ccc2c(c1)OCCO2. The van der Waals surface area contributed by atoms with Crippen molar-refractivity contribution in [1.29, 1.82) is 0 Å². The molecule has 160 valence electrons. The second kappa shape index (κ2) is 8.07. The fraction of sp³-hybridized carbons (Fsp3) is 0.333. The molecule has 2 saturated heterocycles. The Labute approximate surface area is 179 Å². The number of ketones is 1. The summed E-state index contributed by atoms with van der Waals surface area (Å²) in [6.45, 7) is 1.83. The topological polar surface area (TPSA) is 85.3 Å². The second-order valence-corrected chi connectivity index (χ2v) is 7.86. The number of aliphatic hydroxyl groups excluding tert-OH is 1. The van der Waals surface area contributed by atoms with Crippen molar-refractivity contribution >= 4 is 17.4 Å². The smallest absolute Gasteiger partial charge is 0.295 e. The zero-order chi connectivity index (χ0) is 21.4. The molecule has 0 aromatic heterocycles. The summed E-state index contributed by atoms with van der Waals surface area (Å²) in [5.41, 5.74) is 1.24. The summed E-state index contributed by atoms with van der Waals surface area (Å²) in [6.07, 6.45) is 1.66. The zero-order valence-electron chi connectivity index (χ0n) is 17.0. The largest absolute Gasteiger partial charge is 0.507 e. The van der Waals surface area contributed by atoms with Crippen LogP contribution < -0.4 is 9.47 Å². The molecule has 2 fully saturated rings. The summed E-state index contributed by atoms with van der Waals surface area (Å²) in [5, 5.41) is 11.2. The first-order valence-electron chi connectivity index (χ1n) is 10.5. The number of benzene rings is 2. The number of Topliss-reactive ketones (excluding diaryl/α,β-unsaturated/α-hetero) is 1. The van der Waals surface area contributed by atoms with E-state index in [2.05, 4.69) is 0 Å². The maximum atomic E-state index is 13.1. The van der Waals surface area contributed by atoms with Crippen molar-refractivity contribution in [3.63, 3.8) is 0 Å². The van der Waals surface area contributed by atoms with Gasteiger partial charge in [-0.3, -0.25) is 9.59 Å². The molecule has 3 heterocycles. The van der Waals surface area contributed by atoms with Crippen molar-refractivity contribution in [2.75, 3.05) is 26.4 Å². The second-order valence-electron chi connectivity index (χ2n) is 7.86. The van der Waals surface area contributed by atoms with Crippen molar-refractivity contribution in [3.8, 4) is 11.5 Å². The molecule has 1 N–H and O–H groups in total. The number of likely N-dealkylation sites (tertiary alicyclic amines) is 1. The molecule has 2 aromatic carbocycles. The number of fused-ring (bicyclic) bond motifs is 1. The van der Waals surface area contributed by atoms with E-state index in [0.717, 1.165) is 18.4 Å². The molecule has 7 heteroatoms. The molecule has 7 nitrogen and oxygen atoms in total. The van der Waals surface area contributed by atoms with Crippen molar-refractivity contribution in [1.82, 2.24) is 4.90 Å². The van der Waals surface area contributed by atoms with Gasteiger partial charge in [-0.05, 0) is 36.6 Å². The van der Waals surface area contributed by atoms with Crippen LogP contribution in [0.25, 0.3) is 5.76 Å². The van der Waals surface area contributed by atoms with Crippen LogP contribution in [-0.4, -0.2) is 54.2 Å². The summed E-state index contributed by atoms with van der Waals surface area (Å²) >= 11 is 0. The Bertz CT molecular complexity index is 1040. The van der Waals surface area contributed by atoms with Crippen LogP contribution in [0.3, 0.4) is 0 Å². The fourth-order valence-corrected chi connectivity index (χ4v) is 4.40. The van der Waals surface area contributed by atoms with Crippen LogP contribution in [0.2, 0.25) is 0 Å².